The Kier molecular flexibility index (Phi) is 7.68. The molecule has 33 heavy (non-hydrogen) atoms. The predicted molar refractivity (Wildman–Crippen MR) is 134 cm³/mol. The van der Waals surface area contributed by atoms with Crippen LogP contribution in [0.2, 0.25) is 0 Å². The van der Waals surface area contributed by atoms with E-state index in [-0.39, 0.29) is 11.5 Å². The molecule has 0 spiro atoms. The first-order chi connectivity index (χ1) is 15.6. The molecule has 5 heteroatoms. The SMILES string of the molecule is CN(C)CCCON(C)C/C=C/C1CC[C@@]2(O)[C@@H]3CCC4CC(O)CC[C@]4(C)[C@@H]3CC[C@]12C. The third-order valence-electron chi connectivity index (χ3n) is 10.7. The average Bonchev–Trinajstić information content (AvgIpc) is 3.03. The fraction of sp³-hybridized carbons (Fsp3) is 0.929. The maximum absolute atomic E-state index is 12.3. The molecule has 0 radical (unpaired) electrons. The van der Waals surface area contributed by atoms with Gasteiger partial charge in [-0.1, -0.05) is 26.0 Å². The van der Waals surface area contributed by atoms with Crippen LogP contribution in [0.3, 0.4) is 0 Å². The van der Waals surface area contributed by atoms with E-state index in [1.807, 2.05) is 12.1 Å². The molecule has 5 nitrogen and oxygen atoms in total. The normalized spacial score (nSPS) is 45.4. The largest absolute Gasteiger partial charge is 0.393 e. The highest BCUT2D eigenvalue weighted by atomic mass is 16.7. The summed E-state index contributed by atoms with van der Waals surface area (Å²) < 4.78 is 0. The van der Waals surface area contributed by atoms with Crippen molar-refractivity contribution >= 4 is 0 Å². The Bertz CT molecular complexity index is 699. The maximum Gasteiger partial charge on any atom is 0.0737 e. The van der Waals surface area contributed by atoms with Crippen molar-refractivity contribution in [3.05, 3.63) is 12.2 Å². The highest BCUT2D eigenvalue weighted by molar-refractivity contribution is 5.19. The Labute approximate surface area is 202 Å². The molecule has 190 valence electrons. The van der Waals surface area contributed by atoms with E-state index >= 15 is 0 Å². The van der Waals surface area contributed by atoms with Gasteiger partial charge < -0.3 is 15.1 Å². The van der Waals surface area contributed by atoms with Gasteiger partial charge in [0, 0.05) is 19.0 Å². The minimum atomic E-state index is -0.538. The first-order valence-electron chi connectivity index (χ1n) is 13.7. The number of rotatable bonds is 8. The molecule has 0 bridgehead atoms. The quantitative estimate of drug-likeness (QED) is 0.316. The van der Waals surface area contributed by atoms with Crippen LogP contribution in [-0.2, 0) is 4.84 Å². The zero-order chi connectivity index (χ0) is 23.9. The second-order valence-corrected chi connectivity index (χ2v) is 12.7. The van der Waals surface area contributed by atoms with E-state index < -0.39 is 5.60 Å². The van der Waals surface area contributed by atoms with Crippen molar-refractivity contribution in [2.75, 3.05) is 40.8 Å². The van der Waals surface area contributed by atoms with E-state index in [9.17, 15) is 10.2 Å². The predicted octanol–water partition coefficient (Wildman–Crippen LogP) is 4.49. The molecule has 8 atom stereocenters. The van der Waals surface area contributed by atoms with Crippen LogP contribution in [0.15, 0.2) is 12.2 Å². The van der Waals surface area contributed by atoms with E-state index in [0.29, 0.717) is 29.1 Å². The van der Waals surface area contributed by atoms with Crippen molar-refractivity contribution in [1.29, 1.82) is 0 Å². The van der Waals surface area contributed by atoms with E-state index in [1.54, 1.807) is 0 Å². The number of aliphatic hydroxyl groups excluding tert-OH is 1. The summed E-state index contributed by atoms with van der Waals surface area (Å²) in [6.45, 7) is 7.47. The summed E-state index contributed by atoms with van der Waals surface area (Å²) in [5.74, 6) is 2.13. The molecule has 0 aromatic carbocycles. The van der Waals surface area contributed by atoms with Gasteiger partial charge in [-0.15, -0.1) is 0 Å². The van der Waals surface area contributed by atoms with Crippen molar-refractivity contribution in [1.82, 2.24) is 9.96 Å². The lowest BCUT2D eigenvalue weighted by Gasteiger charge is -2.63. The van der Waals surface area contributed by atoms with Crippen LogP contribution in [0.25, 0.3) is 0 Å². The van der Waals surface area contributed by atoms with Crippen molar-refractivity contribution < 1.29 is 15.1 Å². The van der Waals surface area contributed by atoms with E-state index in [4.69, 9.17) is 4.84 Å². The zero-order valence-electron chi connectivity index (χ0n) is 21.9. The Balaban J connectivity index is 1.37. The van der Waals surface area contributed by atoms with Gasteiger partial charge in [-0.2, -0.15) is 5.06 Å². The van der Waals surface area contributed by atoms with Gasteiger partial charge in [0.25, 0.3) is 0 Å². The lowest BCUT2D eigenvalue weighted by molar-refractivity contribution is -0.207. The molecule has 4 fully saturated rings. The molecule has 4 saturated carbocycles. The Hall–Kier alpha value is -0.460. The standard InChI is InChI=1S/C28H50N2O3/c1-26-14-12-23(31)20-22(26)9-10-25-24(26)13-15-27(2)21(11-16-28(25,27)32)8-6-18-30(5)33-19-7-17-29(3)4/h6,8,21-25,31-32H,7,9-20H2,1-5H3/b8-6+/t21?,22?,23?,24-,25-,26+,27-,28-/m1/s1. The average molecular weight is 463 g/mol. The number of allylic oxidation sites excluding steroid dienone is 1. The van der Waals surface area contributed by atoms with Crippen LogP contribution in [0.1, 0.15) is 78.1 Å². The van der Waals surface area contributed by atoms with E-state index in [2.05, 4.69) is 45.0 Å². The van der Waals surface area contributed by atoms with Crippen molar-refractivity contribution in [3.8, 4) is 0 Å². The molecule has 0 aromatic rings. The summed E-state index contributed by atoms with van der Waals surface area (Å²) >= 11 is 0. The summed E-state index contributed by atoms with van der Waals surface area (Å²) in [4.78, 5) is 8.02. The second-order valence-electron chi connectivity index (χ2n) is 12.7. The van der Waals surface area contributed by atoms with Crippen LogP contribution in [0, 0.1) is 34.5 Å². The number of aliphatic hydroxyl groups is 2. The van der Waals surface area contributed by atoms with Crippen LogP contribution >= 0.6 is 0 Å². The van der Waals surface area contributed by atoms with Crippen LogP contribution in [0.4, 0.5) is 0 Å². The summed E-state index contributed by atoms with van der Waals surface area (Å²) in [5.41, 5.74) is -0.253. The Morgan fingerprint density at radius 2 is 1.76 bits per heavy atom. The third-order valence-corrected chi connectivity index (χ3v) is 10.7. The molecule has 0 heterocycles. The van der Waals surface area contributed by atoms with Gasteiger partial charge in [-0.3, -0.25) is 4.84 Å². The topological polar surface area (TPSA) is 56.2 Å². The van der Waals surface area contributed by atoms with Crippen LogP contribution < -0.4 is 0 Å². The Morgan fingerprint density at radius 3 is 2.52 bits per heavy atom. The molecule has 0 aliphatic heterocycles. The fourth-order valence-corrected chi connectivity index (χ4v) is 8.58. The molecular weight excluding hydrogens is 412 g/mol. The second kappa shape index (κ2) is 9.89. The van der Waals surface area contributed by atoms with Gasteiger partial charge in [-0.05, 0) is 114 Å². The molecule has 4 rings (SSSR count). The Morgan fingerprint density at radius 1 is 0.970 bits per heavy atom. The minimum Gasteiger partial charge on any atom is -0.393 e. The first kappa shape index (κ1) is 25.6. The van der Waals surface area contributed by atoms with Crippen LogP contribution in [0.5, 0.6) is 0 Å². The monoisotopic (exact) mass is 462 g/mol. The number of nitrogens with zero attached hydrogens (tertiary/aromatic N) is 2. The highest BCUT2D eigenvalue weighted by Gasteiger charge is 2.66. The third kappa shape index (κ3) is 4.70. The number of fused-ring (bicyclic) bond motifs is 5. The molecule has 2 N–H and O–H groups in total. The van der Waals surface area contributed by atoms with Crippen molar-refractivity contribution in [2.45, 2.75) is 89.8 Å². The molecule has 0 amide bonds. The molecule has 4 aliphatic carbocycles. The fourth-order valence-electron chi connectivity index (χ4n) is 8.58. The number of hydroxylamine groups is 2. The maximum atomic E-state index is 12.3. The molecule has 3 unspecified atom stereocenters. The van der Waals surface area contributed by atoms with Gasteiger partial charge in [0.2, 0.25) is 0 Å². The van der Waals surface area contributed by atoms with Gasteiger partial charge in [0.1, 0.15) is 0 Å². The zero-order valence-corrected chi connectivity index (χ0v) is 21.9. The molecular formula is C28H50N2O3. The van der Waals surface area contributed by atoms with E-state index in [0.717, 1.165) is 71.1 Å². The summed E-state index contributed by atoms with van der Waals surface area (Å²) in [5, 5.41) is 24.5. The number of hydrogen-bond acceptors (Lipinski definition) is 5. The summed E-state index contributed by atoms with van der Waals surface area (Å²) in [6.07, 6.45) is 15.4. The smallest absolute Gasteiger partial charge is 0.0737 e. The minimum absolute atomic E-state index is 0.0207. The number of likely N-dealkylation sites (N-methyl/N-ethyl adjacent to an activating group) is 1. The molecule has 4 aliphatic rings. The van der Waals surface area contributed by atoms with Crippen LogP contribution in [-0.4, -0.2) is 72.7 Å². The van der Waals surface area contributed by atoms with Crippen molar-refractivity contribution in [3.63, 3.8) is 0 Å². The summed E-state index contributed by atoms with van der Waals surface area (Å²) in [6, 6.07) is 0. The first-order valence-corrected chi connectivity index (χ1v) is 13.7. The lowest BCUT2D eigenvalue weighted by atomic mass is 9.43. The van der Waals surface area contributed by atoms with Gasteiger partial charge in [0.05, 0.1) is 18.3 Å². The molecule has 0 aromatic heterocycles. The van der Waals surface area contributed by atoms with E-state index in [1.165, 1.54) is 12.8 Å². The van der Waals surface area contributed by atoms with Gasteiger partial charge >= 0.3 is 0 Å². The molecule has 0 saturated heterocycles. The summed E-state index contributed by atoms with van der Waals surface area (Å²) in [7, 11) is 6.20. The van der Waals surface area contributed by atoms with Gasteiger partial charge in [-0.25, -0.2) is 0 Å². The lowest BCUT2D eigenvalue weighted by Crippen LogP contribution is -2.62. The van der Waals surface area contributed by atoms with Crippen molar-refractivity contribution in [2.24, 2.45) is 34.5 Å². The van der Waals surface area contributed by atoms with Gasteiger partial charge in [0.15, 0.2) is 0 Å². The number of hydrogen-bond donors (Lipinski definition) is 2. The highest BCUT2D eigenvalue weighted by Crippen LogP contribution is 2.69.